The third-order valence-electron chi connectivity index (χ3n) is 5.89. The average Bonchev–Trinajstić information content (AvgIpc) is 3.39. The van der Waals surface area contributed by atoms with Gasteiger partial charge in [-0.3, -0.25) is 9.59 Å². The largest absolute Gasteiger partial charge is 0.505 e. The molecule has 3 rings (SSSR count). The first-order chi connectivity index (χ1) is 18.0. The molecule has 0 saturated carbocycles. The van der Waals surface area contributed by atoms with Crippen molar-refractivity contribution in [2.45, 2.75) is 45.3 Å². The number of primary amides is 1. The predicted molar refractivity (Wildman–Crippen MR) is 136 cm³/mol. The lowest BCUT2D eigenvalue weighted by Crippen LogP contribution is -2.32. The Balaban J connectivity index is 2.13. The molecule has 0 fully saturated rings. The second-order valence-corrected chi connectivity index (χ2v) is 10.8. The third kappa shape index (κ3) is 5.87. The number of sulfonamides is 1. The molecule has 2 aromatic rings. The van der Waals surface area contributed by atoms with Crippen LogP contribution in [0.3, 0.4) is 0 Å². The highest BCUT2D eigenvalue weighted by Gasteiger charge is 2.40. The lowest BCUT2D eigenvalue weighted by atomic mass is 10.0. The average molecular weight is 572 g/mol. The number of amidine groups is 1. The number of phenolic OH excluding ortho intramolecular Hbond substituents is 1. The topological polar surface area (TPSA) is 167 Å². The Kier molecular flexibility index (Phi) is 8.05. The fraction of sp³-hybridized carbons (Fsp3) is 0.375. The molecule has 11 nitrogen and oxygen atoms in total. The number of amides is 2. The van der Waals surface area contributed by atoms with Crippen LogP contribution in [0.15, 0.2) is 43.9 Å². The molecule has 0 radical (unpaired) electrons. The Hall–Kier alpha value is -4.01. The molecule has 1 aromatic heterocycles. The van der Waals surface area contributed by atoms with Gasteiger partial charge in [-0.2, -0.15) is 21.6 Å². The summed E-state index contributed by atoms with van der Waals surface area (Å²) < 4.78 is 75.5. The van der Waals surface area contributed by atoms with Gasteiger partial charge in [-0.15, -0.1) is 4.40 Å². The number of nitrogens with two attached hydrogens (primary N) is 1. The van der Waals surface area contributed by atoms with Gasteiger partial charge >= 0.3 is 6.18 Å². The number of aromatic hydroxyl groups is 1. The number of nitrogens with zero attached hydrogens (tertiary/aromatic N) is 2. The standard InChI is InChI=1S/C24H28F3N5O6S/c1-6-14(16-9-12(10-38-16)11(2)3)30-22-18(20(21(28)34)39(36,37)31-22)29-15-8-7-13(24(25,26)27)17(19(15)33)23(35)32(4)5/h7-11,14,29,33H,6H2,1-5H3,(H2,28,34)(H,30,31)/t14-/m1/s1. The fourth-order valence-corrected chi connectivity index (χ4v) is 4.94. The highest BCUT2D eigenvalue weighted by atomic mass is 32.2. The minimum Gasteiger partial charge on any atom is -0.505 e. The molecule has 1 aliphatic heterocycles. The monoisotopic (exact) mass is 571 g/mol. The Labute approximate surface area is 222 Å². The van der Waals surface area contributed by atoms with Crippen LogP contribution in [0.1, 0.15) is 66.4 Å². The van der Waals surface area contributed by atoms with Crippen LogP contribution in [0.25, 0.3) is 0 Å². The molecule has 5 N–H and O–H groups in total. The van der Waals surface area contributed by atoms with E-state index in [9.17, 15) is 36.3 Å². The molecule has 1 aromatic carbocycles. The Morgan fingerprint density at radius 3 is 2.36 bits per heavy atom. The van der Waals surface area contributed by atoms with Gasteiger partial charge in [0.15, 0.2) is 16.5 Å². The summed E-state index contributed by atoms with van der Waals surface area (Å²) in [6, 6.07) is 2.46. The van der Waals surface area contributed by atoms with Crippen molar-refractivity contribution in [1.82, 2.24) is 10.2 Å². The van der Waals surface area contributed by atoms with E-state index in [0.29, 0.717) is 18.2 Å². The molecule has 0 spiro atoms. The van der Waals surface area contributed by atoms with Crippen LogP contribution < -0.4 is 16.4 Å². The lowest BCUT2D eigenvalue weighted by Gasteiger charge is -2.21. The quantitative estimate of drug-likeness (QED) is 0.350. The van der Waals surface area contributed by atoms with Gasteiger partial charge in [0.1, 0.15) is 11.5 Å². The van der Waals surface area contributed by atoms with Crippen LogP contribution in [-0.4, -0.2) is 50.2 Å². The van der Waals surface area contributed by atoms with E-state index in [1.54, 1.807) is 19.3 Å². The van der Waals surface area contributed by atoms with Gasteiger partial charge in [-0.1, -0.05) is 20.8 Å². The summed E-state index contributed by atoms with van der Waals surface area (Å²) in [4.78, 5) is 24.6. The predicted octanol–water partition coefficient (Wildman–Crippen LogP) is 3.42. The van der Waals surface area contributed by atoms with Crippen LogP contribution in [0.2, 0.25) is 0 Å². The van der Waals surface area contributed by atoms with Gasteiger partial charge < -0.3 is 30.8 Å². The highest BCUT2D eigenvalue weighted by molar-refractivity contribution is 7.95. The number of furan rings is 1. The maximum absolute atomic E-state index is 13.6. The molecule has 2 amide bonds. The first kappa shape index (κ1) is 29.5. The molecule has 0 saturated heterocycles. The summed E-state index contributed by atoms with van der Waals surface area (Å²) in [5, 5.41) is 16.1. The van der Waals surface area contributed by atoms with Crippen LogP contribution in [0.5, 0.6) is 5.75 Å². The van der Waals surface area contributed by atoms with Crippen molar-refractivity contribution in [1.29, 1.82) is 0 Å². The summed E-state index contributed by atoms with van der Waals surface area (Å²) in [5.74, 6) is -3.50. The van der Waals surface area contributed by atoms with Crippen LogP contribution in [0.4, 0.5) is 18.9 Å². The second kappa shape index (κ2) is 10.6. The number of hydrogen-bond acceptors (Lipinski definition) is 8. The molecule has 1 atom stereocenters. The molecule has 15 heteroatoms. The third-order valence-corrected chi connectivity index (χ3v) is 7.23. The normalized spacial score (nSPS) is 15.8. The summed E-state index contributed by atoms with van der Waals surface area (Å²) in [5.41, 5.74) is 2.70. The zero-order valence-electron chi connectivity index (χ0n) is 21.7. The van der Waals surface area contributed by atoms with E-state index < -0.39 is 73.1 Å². The second-order valence-electron chi connectivity index (χ2n) is 9.23. The van der Waals surface area contributed by atoms with Gasteiger partial charge in [-0.05, 0) is 36.1 Å². The van der Waals surface area contributed by atoms with E-state index in [0.717, 1.165) is 16.5 Å². The molecular weight excluding hydrogens is 543 g/mol. The van der Waals surface area contributed by atoms with Crippen molar-refractivity contribution >= 4 is 33.4 Å². The molecule has 1 aliphatic rings. The van der Waals surface area contributed by atoms with Gasteiger partial charge in [0.05, 0.1) is 29.1 Å². The minimum atomic E-state index is -4.99. The van der Waals surface area contributed by atoms with Crippen molar-refractivity contribution < 1.29 is 40.7 Å². The van der Waals surface area contributed by atoms with Gasteiger partial charge in [0, 0.05) is 14.1 Å². The number of alkyl halides is 3. The molecule has 39 heavy (non-hydrogen) atoms. The Morgan fingerprint density at radius 2 is 1.87 bits per heavy atom. The molecular formula is C24H28F3N5O6S. The van der Waals surface area contributed by atoms with Crippen LogP contribution in [-0.2, 0) is 21.0 Å². The zero-order chi connectivity index (χ0) is 29.4. The molecule has 0 bridgehead atoms. The van der Waals surface area contributed by atoms with Crippen molar-refractivity contribution in [2.24, 2.45) is 10.1 Å². The maximum Gasteiger partial charge on any atom is 0.417 e. The van der Waals surface area contributed by atoms with Crippen molar-refractivity contribution in [3.05, 3.63) is 57.5 Å². The van der Waals surface area contributed by atoms with Crippen molar-refractivity contribution in [2.75, 3.05) is 19.4 Å². The number of carbonyl (C=O) groups excluding carboxylic acids is 2. The highest BCUT2D eigenvalue weighted by Crippen LogP contribution is 2.41. The summed E-state index contributed by atoms with van der Waals surface area (Å²) in [7, 11) is -2.25. The van der Waals surface area contributed by atoms with E-state index in [4.69, 9.17) is 10.2 Å². The molecule has 0 unspecified atom stereocenters. The smallest absolute Gasteiger partial charge is 0.417 e. The molecule has 212 valence electrons. The zero-order valence-corrected chi connectivity index (χ0v) is 22.5. The Bertz CT molecular complexity index is 1480. The summed E-state index contributed by atoms with van der Waals surface area (Å²) >= 11 is 0. The SMILES string of the molecule is CC[C@@H](NC1=NS(=O)(=O)C(C(N)=O)=C1Nc1ccc(C(F)(F)F)c(C(=O)N(C)C)c1O)c1cc(C(C)C)co1. The molecule has 0 aliphatic carbocycles. The number of carbonyl (C=O) groups is 2. The van der Waals surface area contributed by atoms with Gasteiger partial charge in [0.2, 0.25) is 0 Å². The number of phenols is 1. The van der Waals surface area contributed by atoms with Crippen molar-refractivity contribution in [3.8, 4) is 5.75 Å². The maximum atomic E-state index is 13.6. The summed E-state index contributed by atoms with van der Waals surface area (Å²) in [6.07, 6.45) is -3.08. The Morgan fingerprint density at radius 1 is 1.23 bits per heavy atom. The van der Waals surface area contributed by atoms with E-state index >= 15 is 0 Å². The van der Waals surface area contributed by atoms with Gasteiger partial charge in [-0.25, -0.2) is 0 Å². The molecule has 2 heterocycles. The summed E-state index contributed by atoms with van der Waals surface area (Å²) in [6.45, 7) is 5.67. The van der Waals surface area contributed by atoms with E-state index in [2.05, 4.69) is 15.0 Å². The number of halogens is 3. The van der Waals surface area contributed by atoms with Crippen LogP contribution in [0, 0.1) is 0 Å². The van der Waals surface area contributed by atoms with E-state index in [1.807, 2.05) is 13.8 Å². The van der Waals surface area contributed by atoms with Crippen molar-refractivity contribution in [3.63, 3.8) is 0 Å². The number of rotatable bonds is 8. The first-order valence-electron chi connectivity index (χ1n) is 11.7. The number of hydrogen-bond donors (Lipinski definition) is 4. The minimum absolute atomic E-state index is 0.143. The fourth-order valence-electron chi connectivity index (χ4n) is 3.81. The number of anilines is 1. The van der Waals surface area contributed by atoms with E-state index in [1.165, 1.54) is 14.1 Å². The number of nitrogens with one attached hydrogen (secondary N) is 2. The lowest BCUT2D eigenvalue weighted by molar-refractivity contribution is -0.138. The number of benzene rings is 1. The van der Waals surface area contributed by atoms with Crippen LogP contribution >= 0.6 is 0 Å². The van der Waals surface area contributed by atoms with E-state index in [-0.39, 0.29) is 5.92 Å². The first-order valence-corrected chi connectivity index (χ1v) is 13.1. The van der Waals surface area contributed by atoms with Gasteiger partial charge in [0.25, 0.3) is 21.8 Å².